The molecule has 6 nitrogen and oxygen atoms in total. The van der Waals surface area contributed by atoms with E-state index in [2.05, 4.69) is 0 Å². The molecule has 6 heteroatoms. The second kappa shape index (κ2) is 11.1. The molecular formula is C27H33N3O3. The maximum Gasteiger partial charge on any atom is 0.300 e. The van der Waals surface area contributed by atoms with Gasteiger partial charge in [0.25, 0.3) is 5.91 Å². The largest absolute Gasteiger partial charge is 0.420 e. The molecule has 1 amide bonds. The Morgan fingerprint density at radius 2 is 1.64 bits per heavy atom. The van der Waals surface area contributed by atoms with Crippen molar-refractivity contribution in [2.75, 3.05) is 18.7 Å². The van der Waals surface area contributed by atoms with Crippen LogP contribution in [0.15, 0.2) is 65.3 Å². The molecule has 174 valence electrons. The van der Waals surface area contributed by atoms with Gasteiger partial charge in [-0.1, -0.05) is 62.4 Å². The number of amidine groups is 1. The highest BCUT2D eigenvalue weighted by Gasteiger charge is 2.34. The Labute approximate surface area is 196 Å². The van der Waals surface area contributed by atoms with Crippen molar-refractivity contribution in [2.24, 2.45) is 4.99 Å². The van der Waals surface area contributed by atoms with E-state index in [1.165, 1.54) is 32.1 Å². The Morgan fingerprint density at radius 1 is 1.00 bits per heavy atom. The van der Waals surface area contributed by atoms with E-state index in [1.54, 1.807) is 23.1 Å². The van der Waals surface area contributed by atoms with Gasteiger partial charge in [0.1, 0.15) is 0 Å². The number of likely N-dealkylation sites (N-methyl/N-ethyl adjacent to an activating group) is 1. The van der Waals surface area contributed by atoms with Crippen molar-refractivity contribution in [3.63, 3.8) is 0 Å². The SMILES string of the molecule is CCN1C(=O)/C(=C\c2ccc(N(OC)c3ccccc3)cc2)OC1=NC1CCCCCCC1. The maximum atomic E-state index is 12.9. The van der Waals surface area contributed by atoms with Crippen LogP contribution in [0.4, 0.5) is 11.4 Å². The molecule has 2 fully saturated rings. The van der Waals surface area contributed by atoms with Gasteiger partial charge in [0.05, 0.1) is 24.5 Å². The van der Waals surface area contributed by atoms with Crippen molar-refractivity contribution < 1.29 is 14.4 Å². The number of aliphatic imine (C=N–C) groups is 1. The van der Waals surface area contributed by atoms with Crippen LogP contribution < -0.4 is 5.06 Å². The number of anilines is 2. The first-order chi connectivity index (χ1) is 16.2. The fraction of sp³-hybridized carbons (Fsp3) is 0.407. The highest BCUT2D eigenvalue weighted by atomic mass is 16.7. The molecule has 1 heterocycles. The molecule has 1 aliphatic heterocycles. The van der Waals surface area contributed by atoms with Crippen molar-refractivity contribution >= 4 is 29.4 Å². The number of rotatable bonds is 6. The summed E-state index contributed by atoms with van der Waals surface area (Å²) in [5.41, 5.74) is 2.72. The monoisotopic (exact) mass is 447 g/mol. The topological polar surface area (TPSA) is 54.4 Å². The van der Waals surface area contributed by atoms with Gasteiger partial charge >= 0.3 is 6.02 Å². The Hall–Kier alpha value is -3.12. The fourth-order valence-corrected chi connectivity index (χ4v) is 4.38. The summed E-state index contributed by atoms with van der Waals surface area (Å²) in [6.07, 6.45) is 10.2. The number of ether oxygens (including phenoxy) is 1. The lowest BCUT2D eigenvalue weighted by Crippen LogP contribution is -2.30. The molecule has 1 aliphatic carbocycles. The van der Waals surface area contributed by atoms with E-state index in [9.17, 15) is 4.79 Å². The van der Waals surface area contributed by atoms with E-state index < -0.39 is 0 Å². The first kappa shape index (κ1) is 23.1. The molecule has 0 spiro atoms. The van der Waals surface area contributed by atoms with Crippen LogP contribution in [0.25, 0.3) is 6.08 Å². The quantitative estimate of drug-likeness (QED) is 0.398. The molecular weight excluding hydrogens is 414 g/mol. The zero-order valence-electron chi connectivity index (χ0n) is 19.6. The molecule has 33 heavy (non-hydrogen) atoms. The molecule has 2 aromatic rings. The van der Waals surface area contributed by atoms with Crippen LogP contribution in [-0.4, -0.2) is 36.5 Å². The van der Waals surface area contributed by atoms with Crippen molar-refractivity contribution in [1.29, 1.82) is 0 Å². The number of hydrogen-bond acceptors (Lipinski definition) is 5. The van der Waals surface area contributed by atoms with Gasteiger partial charge in [-0.25, -0.2) is 10.1 Å². The molecule has 0 radical (unpaired) electrons. The number of benzene rings is 2. The second-order valence-corrected chi connectivity index (χ2v) is 8.47. The molecule has 4 rings (SSSR count). The molecule has 2 aliphatic rings. The third kappa shape index (κ3) is 5.63. The highest BCUT2D eigenvalue weighted by Crippen LogP contribution is 2.27. The average molecular weight is 448 g/mol. The average Bonchev–Trinajstić information content (AvgIpc) is 3.11. The maximum absolute atomic E-state index is 12.9. The minimum absolute atomic E-state index is 0.131. The number of hydrogen-bond donors (Lipinski definition) is 0. The second-order valence-electron chi connectivity index (χ2n) is 8.47. The summed E-state index contributed by atoms with van der Waals surface area (Å²) in [7, 11) is 1.64. The summed E-state index contributed by atoms with van der Waals surface area (Å²) in [6.45, 7) is 2.50. The van der Waals surface area contributed by atoms with Crippen LogP contribution in [0.2, 0.25) is 0 Å². The predicted octanol–water partition coefficient (Wildman–Crippen LogP) is 6.07. The smallest absolute Gasteiger partial charge is 0.300 e. The fourth-order valence-electron chi connectivity index (χ4n) is 4.38. The van der Waals surface area contributed by atoms with Gasteiger partial charge in [0.15, 0.2) is 5.76 Å². The summed E-state index contributed by atoms with van der Waals surface area (Å²) in [4.78, 5) is 25.0. The number of para-hydroxylation sites is 1. The van der Waals surface area contributed by atoms with Gasteiger partial charge in [-0.3, -0.25) is 14.5 Å². The molecule has 1 saturated heterocycles. The molecule has 0 bridgehead atoms. The van der Waals surface area contributed by atoms with Gasteiger partial charge in [-0.15, -0.1) is 0 Å². The van der Waals surface area contributed by atoms with Crippen LogP contribution in [0.1, 0.15) is 57.4 Å². The number of nitrogens with zero attached hydrogens (tertiary/aromatic N) is 3. The third-order valence-electron chi connectivity index (χ3n) is 6.17. The van der Waals surface area contributed by atoms with Crippen molar-refractivity contribution in [1.82, 2.24) is 4.90 Å². The van der Waals surface area contributed by atoms with Crippen LogP contribution >= 0.6 is 0 Å². The van der Waals surface area contributed by atoms with E-state index in [-0.39, 0.29) is 11.9 Å². The number of amides is 1. The molecule has 0 atom stereocenters. The molecule has 1 saturated carbocycles. The van der Waals surface area contributed by atoms with E-state index in [4.69, 9.17) is 14.6 Å². The van der Waals surface area contributed by atoms with Crippen molar-refractivity contribution in [2.45, 2.75) is 57.9 Å². The van der Waals surface area contributed by atoms with E-state index in [1.807, 2.05) is 61.5 Å². The predicted molar refractivity (Wildman–Crippen MR) is 132 cm³/mol. The molecule has 2 aromatic carbocycles. The number of carbonyl (C=O) groups is 1. The normalized spacial score (nSPS) is 20.1. The van der Waals surface area contributed by atoms with E-state index >= 15 is 0 Å². The zero-order chi connectivity index (χ0) is 23.0. The Balaban J connectivity index is 1.51. The lowest BCUT2D eigenvalue weighted by Gasteiger charge is -2.21. The highest BCUT2D eigenvalue weighted by molar-refractivity contribution is 6.11. The van der Waals surface area contributed by atoms with Gasteiger partial charge in [0, 0.05) is 6.54 Å². The van der Waals surface area contributed by atoms with E-state index in [0.29, 0.717) is 18.3 Å². The lowest BCUT2D eigenvalue weighted by molar-refractivity contribution is -0.122. The molecule has 0 unspecified atom stereocenters. The summed E-state index contributed by atoms with van der Waals surface area (Å²) in [5.74, 6) is 0.190. The number of carbonyl (C=O) groups excluding carboxylic acids is 1. The third-order valence-corrected chi connectivity index (χ3v) is 6.17. The minimum atomic E-state index is -0.131. The first-order valence-electron chi connectivity index (χ1n) is 12.0. The van der Waals surface area contributed by atoms with Crippen molar-refractivity contribution in [3.8, 4) is 0 Å². The van der Waals surface area contributed by atoms with Crippen molar-refractivity contribution in [3.05, 3.63) is 65.9 Å². The van der Waals surface area contributed by atoms with Crippen LogP contribution in [0.3, 0.4) is 0 Å². The zero-order valence-corrected chi connectivity index (χ0v) is 19.6. The van der Waals surface area contributed by atoms with Gasteiger partial charge in [-0.05, 0) is 55.7 Å². The van der Waals surface area contributed by atoms with Crippen LogP contribution in [-0.2, 0) is 14.4 Å². The van der Waals surface area contributed by atoms with Gasteiger partial charge in [-0.2, -0.15) is 0 Å². The summed E-state index contributed by atoms with van der Waals surface area (Å²) < 4.78 is 5.98. The standard InChI is InChI=1S/C27H33N3O3/c1-3-29-26(31)25(33-27(29)28-22-12-8-5-4-6-9-13-22)20-21-16-18-24(19-17-21)30(32-2)23-14-10-7-11-15-23/h7,10-11,14-20,22H,3-6,8-9,12-13H2,1-2H3/b25-20+,28-27?. The Kier molecular flexibility index (Phi) is 7.79. The first-order valence-corrected chi connectivity index (χ1v) is 12.0. The minimum Gasteiger partial charge on any atom is -0.420 e. The van der Waals surface area contributed by atoms with Gasteiger partial charge in [0.2, 0.25) is 0 Å². The van der Waals surface area contributed by atoms with Crippen LogP contribution in [0, 0.1) is 0 Å². The molecule has 0 aromatic heterocycles. The van der Waals surface area contributed by atoms with Crippen LogP contribution in [0.5, 0.6) is 0 Å². The van der Waals surface area contributed by atoms with Gasteiger partial charge < -0.3 is 4.74 Å². The summed E-state index contributed by atoms with van der Waals surface area (Å²) in [6, 6.07) is 18.4. The lowest BCUT2D eigenvalue weighted by atomic mass is 9.97. The Morgan fingerprint density at radius 3 is 2.27 bits per heavy atom. The molecule has 0 N–H and O–H groups in total. The summed E-state index contributed by atoms with van der Waals surface area (Å²) >= 11 is 0. The Bertz CT molecular complexity index is 977. The summed E-state index contributed by atoms with van der Waals surface area (Å²) in [5, 5.41) is 1.76. The van der Waals surface area contributed by atoms with E-state index in [0.717, 1.165) is 29.8 Å².